The Morgan fingerprint density at radius 1 is 1.30 bits per heavy atom. The Labute approximate surface area is 136 Å². The zero-order valence-corrected chi connectivity index (χ0v) is 12.9. The van der Waals surface area contributed by atoms with E-state index in [1.807, 2.05) is 0 Å². The average molecular weight is 339 g/mol. The Hall–Kier alpha value is -2.05. The van der Waals surface area contributed by atoms with Gasteiger partial charge in [0.15, 0.2) is 0 Å². The van der Waals surface area contributed by atoms with Crippen molar-refractivity contribution < 1.29 is 18.7 Å². The first-order valence-corrected chi connectivity index (χ1v) is 7.33. The minimum absolute atomic E-state index is 0.0439. The SMILES string of the molecule is CC(O)c1cccc2c1C(F)(F)C(=O)N2Cc1cccc(Cl)n1. The Balaban J connectivity index is 2.08. The third kappa shape index (κ3) is 2.58. The van der Waals surface area contributed by atoms with Crippen LogP contribution in [-0.2, 0) is 17.3 Å². The first-order chi connectivity index (χ1) is 10.8. The predicted molar refractivity (Wildman–Crippen MR) is 81.4 cm³/mol. The Morgan fingerprint density at radius 3 is 2.65 bits per heavy atom. The lowest BCUT2D eigenvalue weighted by atomic mass is 9.98. The molecule has 0 fully saturated rings. The molecule has 1 unspecified atom stereocenters. The number of hydrogen-bond acceptors (Lipinski definition) is 3. The van der Waals surface area contributed by atoms with Crippen molar-refractivity contribution in [2.24, 2.45) is 0 Å². The molecule has 1 aromatic heterocycles. The minimum Gasteiger partial charge on any atom is -0.389 e. The fourth-order valence-electron chi connectivity index (χ4n) is 2.72. The molecule has 7 heteroatoms. The number of aliphatic hydroxyl groups is 1. The van der Waals surface area contributed by atoms with Crippen molar-refractivity contribution in [2.75, 3.05) is 4.90 Å². The van der Waals surface area contributed by atoms with E-state index in [0.29, 0.717) is 5.69 Å². The molecular formula is C16H13ClF2N2O2. The van der Waals surface area contributed by atoms with E-state index in [2.05, 4.69) is 4.98 Å². The van der Waals surface area contributed by atoms with Crippen LogP contribution in [0.25, 0.3) is 0 Å². The second kappa shape index (κ2) is 5.54. The summed E-state index contributed by atoms with van der Waals surface area (Å²) >= 11 is 5.79. The molecule has 0 bridgehead atoms. The number of halogens is 3. The molecule has 1 aliphatic heterocycles. The van der Waals surface area contributed by atoms with Gasteiger partial charge >= 0.3 is 11.8 Å². The number of benzene rings is 1. The van der Waals surface area contributed by atoms with Crippen LogP contribution in [0.1, 0.15) is 29.8 Å². The molecule has 120 valence electrons. The van der Waals surface area contributed by atoms with Crippen molar-refractivity contribution in [1.29, 1.82) is 0 Å². The van der Waals surface area contributed by atoms with Gasteiger partial charge in [0.05, 0.1) is 29.6 Å². The normalized spacial score (nSPS) is 17.3. The summed E-state index contributed by atoms with van der Waals surface area (Å²) in [6.45, 7) is 1.27. The van der Waals surface area contributed by atoms with Crippen LogP contribution in [-0.4, -0.2) is 16.0 Å². The number of pyridine rings is 1. The highest BCUT2D eigenvalue weighted by molar-refractivity contribution is 6.29. The molecule has 0 saturated carbocycles. The van der Waals surface area contributed by atoms with E-state index in [9.17, 15) is 18.7 Å². The quantitative estimate of drug-likeness (QED) is 0.872. The van der Waals surface area contributed by atoms with Crippen molar-refractivity contribution in [3.63, 3.8) is 0 Å². The summed E-state index contributed by atoms with van der Waals surface area (Å²) in [5.41, 5.74) is 0.0848. The third-order valence-electron chi connectivity index (χ3n) is 3.74. The summed E-state index contributed by atoms with van der Waals surface area (Å²) in [7, 11) is 0. The van der Waals surface area contributed by atoms with Gasteiger partial charge in [0.1, 0.15) is 5.15 Å². The monoisotopic (exact) mass is 338 g/mol. The summed E-state index contributed by atoms with van der Waals surface area (Å²) in [5.74, 6) is -5.01. The average Bonchev–Trinajstić information content (AvgIpc) is 2.68. The number of amides is 1. The highest BCUT2D eigenvalue weighted by Gasteiger charge is 2.54. The molecular weight excluding hydrogens is 326 g/mol. The third-order valence-corrected chi connectivity index (χ3v) is 3.95. The molecule has 1 amide bonds. The van der Waals surface area contributed by atoms with E-state index in [4.69, 9.17) is 11.6 Å². The van der Waals surface area contributed by atoms with Crippen molar-refractivity contribution in [3.05, 3.63) is 58.4 Å². The number of nitrogens with zero attached hydrogens (tertiary/aromatic N) is 2. The Kier molecular flexibility index (Phi) is 3.82. The van der Waals surface area contributed by atoms with Gasteiger partial charge in [0.2, 0.25) is 0 Å². The first-order valence-electron chi connectivity index (χ1n) is 6.95. The minimum atomic E-state index is -3.68. The molecule has 0 spiro atoms. The van der Waals surface area contributed by atoms with Gasteiger partial charge in [-0.05, 0) is 30.7 Å². The van der Waals surface area contributed by atoms with Crippen LogP contribution in [0.4, 0.5) is 14.5 Å². The number of alkyl halides is 2. The fourth-order valence-corrected chi connectivity index (χ4v) is 2.90. The summed E-state index contributed by atoms with van der Waals surface area (Å²) in [5, 5.41) is 9.95. The summed E-state index contributed by atoms with van der Waals surface area (Å²) in [4.78, 5) is 17.2. The fraction of sp³-hybridized carbons (Fsp3) is 0.250. The van der Waals surface area contributed by atoms with Crippen molar-refractivity contribution in [2.45, 2.75) is 25.5 Å². The van der Waals surface area contributed by atoms with E-state index in [0.717, 1.165) is 4.90 Å². The van der Waals surface area contributed by atoms with Gasteiger partial charge < -0.3 is 10.0 Å². The standard InChI is InChI=1S/C16H13ClF2N2O2/c1-9(22)11-5-3-6-12-14(11)16(18,19)15(23)21(12)8-10-4-2-7-13(17)20-10/h2-7,9,22H,8H2,1H3. The Morgan fingerprint density at radius 2 is 2.00 bits per heavy atom. The Bertz CT molecular complexity index is 780. The molecule has 1 atom stereocenters. The number of carbonyl (C=O) groups excluding carboxylic acids is 1. The first kappa shape index (κ1) is 15.8. The molecule has 1 N–H and O–H groups in total. The van der Waals surface area contributed by atoms with Gasteiger partial charge in [0.25, 0.3) is 0 Å². The van der Waals surface area contributed by atoms with Crippen molar-refractivity contribution >= 4 is 23.2 Å². The second-order valence-corrected chi connectivity index (χ2v) is 5.72. The molecule has 1 aliphatic rings. The topological polar surface area (TPSA) is 53.4 Å². The van der Waals surface area contributed by atoms with Gasteiger partial charge in [-0.2, -0.15) is 8.78 Å². The van der Waals surface area contributed by atoms with Gasteiger partial charge in [-0.15, -0.1) is 0 Å². The van der Waals surface area contributed by atoms with Crippen LogP contribution in [0.5, 0.6) is 0 Å². The molecule has 2 aromatic rings. The molecule has 3 rings (SSSR count). The van der Waals surface area contributed by atoms with Crippen LogP contribution in [0.2, 0.25) is 5.15 Å². The van der Waals surface area contributed by atoms with Crippen LogP contribution in [0, 0.1) is 0 Å². The molecule has 4 nitrogen and oxygen atoms in total. The lowest BCUT2D eigenvalue weighted by Crippen LogP contribution is -2.34. The number of hydrogen-bond donors (Lipinski definition) is 1. The maximum absolute atomic E-state index is 14.4. The van der Waals surface area contributed by atoms with E-state index >= 15 is 0 Å². The lowest BCUT2D eigenvalue weighted by Gasteiger charge is -2.17. The molecule has 23 heavy (non-hydrogen) atoms. The van der Waals surface area contributed by atoms with E-state index < -0.39 is 23.5 Å². The zero-order valence-electron chi connectivity index (χ0n) is 12.1. The number of carbonyl (C=O) groups is 1. The number of anilines is 1. The van der Waals surface area contributed by atoms with Gasteiger partial charge in [-0.25, -0.2) is 4.98 Å². The maximum Gasteiger partial charge on any atom is 0.352 e. The zero-order chi connectivity index (χ0) is 16.8. The van der Waals surface area contributed by atoms with Crippen molar-refractivity contribution in [3.8, 4) is 0 Å². The van der Waals surface area contributed by atoms with Gasteiger partial charge in [-0.3, -0.25) is 4.79 Å². The maximum atomic E-state index is 14.4. The second-order valence-electron chi connectivity index (χ2n) is 5.33. The predicted octanol–water partition coefficient (Wildman–Crippen LogP) is 3.43. The smallest absolute Gasteiger partial charge is 0.352 e. The van der Waals surface area contributed by atoms with Crippen LogP contribution < -0.4 is 4.90 Å². The van der Waals surface area contributed by atoms with E-state index in [-0.39, 0.29) is 22.9 Å². The lowest BCUT2D eigenvalue weighted by molar-refractivity contribution is -0.141. The van der Waals surface area contributed by atoms with Gasteiger partial charge in [0, 0.05) is 0 Å². The van der Waals surface area contributed by atoms with Crippen LogP contribution in [0.3, 0.4) is 0 Å². The molecule has 2 heterocycles. The number of aliphatic hydroxyl groups excluding tert-OH is 1. The number of rotatable bonds is 3. The molecule has 0 aliphatic carbocycles. The molecule has 0 radical (unpaired) electrons. The highest BCUT2D eigenvalue weighted by Crippen LogP contribution is 2.47. The van der Waals surface area contributed by atoms with Crippen LogP contribution >= 0.6 is 11.6 Å². The summed E-state index contributed by atoms with van der Waals surface area (Å²) in [6, 6.07) is 9.17. The van der Waals surface area contributed by atoms with E-state index in [1.54, 1.807) is 18.2 Å². The number of fused-ring (bicyclic) bond motifs is 1. The van der Waals surface area contributed by atoms with Crippen LogP contribution in [0.15, 0.2) is 36.4 Å². The summed E-state index contributed by atoms with van der Waals surface area (Å²) in [6.07, 6.45) is -1.10. The highest BCUT2D eigenvalue weighted by atomic mass is 35.5. The number of aromatic nitrogens is 1. The molecule has 1 aromatic carbocycles. The largest absolute Gasteiger partial charge is 0.389 e. The van der Waals surface area contributed by atoms with E-state index in [1.165, 1.54) is 25.1 Å². The van der Waals surface area contributed by atoms with Gasteiger partial charge in [-0.1, -0.05) is 29.8 Å². The van der Waals surface area contributed by atoms with Crippen molar-refractivity contribution in [1.82, 2.24) is 4.98 Å². The summed E-state index contributed by atoms with van der Waals surface area (Å²) < 4.78 is 28.9. The molecule has 0 saturated heterocycles.